The van der Waals surface area contributed by atoms with Gasteiger partial charge in [0, 0.05) is 18.2 Å². The molecule has 0 radical (unpaired) electrons. The first-order chi connectivity index (χ1) is 8.70. The zero-order valence-corrected chi connectivity index (χ0v) is 10.7. The second-order valence-electron chi connectivity index (χ2n) is 4.58. The predicted octanol–water partition coefficient (Wildman–Crippen LogP) is 1.86. The highest BCUT2D eigenvalue weighted by atomic mass is 16.5. The third-order valence-corrected chi connectivity index (χ3v) is 3.22. The lowest BCUT2D eigenvalue weighted by atomic mass is 10.1. The highest BCUT2D eigenvalue weighted by Gasteiger charge is 2.21. The largest absolute Gasteiger partial charge is 0.463 e. The van der Waals surface area contributed by atoms with Crippen molar-refractivity contribution in [1.82, 2.24) is 5.32 Å². The fourth-order valence-electron chi connectivity index (χ4n) is 2.28. The Hall–Kier alpha value is -1.61. The molecule has 0 unspecified atom stereocenters. The summed E-state index contributed by atoms with van der Waals surface area (Å²) in [6.45, 7) is 6.44. The van der Waals surface area contributed by atoms with Gasteiger partial charge >= 0.3 is 5.97 Å². The minimum absolute atomic E-state index is 0.305. The summed E-state index contributed by atoms with van der Waals surface area (Å²) in [5, 5.41) is 3.37. The second kappa shape index (κ2) is 5.83. The summed E-state index contributed by atoms with van der Waals surface area (Å²) in [6, 6.07) is 8.86. The number of rotatable bonds is 5. The van der Waals surface area contributed by atoms with E-state index >= 15 is 0 Å². The minimum Gasteiger partial charge on any atom is -0.463 e. The van der Waals surface area contributed by atoms with Crippen LogP contribution in [-0.4, -0.2) is 25.2 Å². The Kier molecular flexibility index (Phi) is 4.15. The molecule has 0 bridgehead atoms. The van der Waals surface area contributed by atoms with Gasteiger partial charge in [0.25, 0.3) is 0 Å². The van der Waals surface area contributed by atoms with E-state index in [1.54, 1.807) is 6.92 Å². The summed E-state index contributed by atoms with van der Waals surface area (Å²) in [4.78, 5) is 11.4. The van der Waals surface area contributed by atoms with Gasteiger partial charge in [-0.1, -0.05) is 30.8 Å². The first-order valence-corrected chi connectivity index (χ1v) is 6.35. The van der Waals surface area contributed by atoms with Crippen LogP contribution < -0.4 is 5.32 Å². The van der Waals surface area contributed by atoms with E-state index in [0.717, 1.165) is 12.8 Å². The lowest BCUT2D eigenvalue weighted by molar-refractivity contribution is -0.138. The summed E-state index contributed by atoms with van der Waals surface area (Å²) < 4.78 is 4.90. The maximum Gasteiger partial charge on any atom is 0.334 e. The van der Waals surface area contributed by atoms with Crippen molar-refractivity contribution in [3.63, 3.8) is 0 Å². The molecule has 3 nitrogen and oxygen atoms in total. The van der Waals surface area contributed by atoms with Crippen molar-refractivity contribution in [2.24, 2.45) is 0 Å². The van der Waals surface area contributed by atoms with Gasteiger partial charge in [-0.15, -0.1) is 0 Å². The van der Waals surface area contributed by atoms with Gasteiger partial charge in [0.15, 0.2) is 0 Å². The normalized spacial score (nSPS) is 14.3. The maximum absolute atomic E-state index is 11.4. The van der Waals surface area contributed by atoms with Crippen LogP contribution in [0.5, 0.6) is 0 Å². The topological polar surface area (TPSA) is 38.3 Å². The van der Waals surface area contributed by atoms with Crippen molar-refractivity contribution >= 4 is 5.97 Å². The van der Waals surface area contributed by atoms with E-state index in [1.165, 1.54) is 11.1 Å². The molecule has 3 heteroatoms. The molecule has 0 aliphatic heterocycles. The van der Waals surface area contributed by atoms with Gasteiger partial charge < -0.3 is 10.1 Å². The van der Waals surface area contributed by atoms with E-state index in [0.29, 0.717) is 24.8 Å². The van der Waals surface area contributed by atoms with Crippen LogP contribution in [0.15, 0.2) is 36.4 Å². The summed E-state index contributed by atoms with van der Waals surface area (Å²) in [5.74, 6) is -0.305. The molecule has 1 aliphatic carbocycles. The molecular weight excluding hydrogens is 226 g/mol. The van der Waals surface area contributed by atoms with Gasteiger partial charge in [-0.3, -0.25) is 0 Å². The van der Waals surface area contributed by atoms with Crippen molar-refractivity contribution in [3.05, 3.63) is 47.5 Å². The SMILES string of the molecule is C=C(CNC1Cc2ccccc2C1)C(=O)OCC. The van der Waals surface area contributed by atoms with Crippen LogP contribution in [0.2, 0.25) is 0 Å². The van der Waals surface area contributed by atoms with Crippen molar-refractivity contribution in [3.8, 4) is 0 Å². The average molecular weight is 245 g/mol. The second-order valence-corrected chi connectivity index (χ2v) is 4.58. The number of benzene rings is 1. The molecule has 0 spiro atoms. The standard InChI is InChI=1S/C15H19NO2/c1-3-18-15(17)11(2)10-16-14-8-12-6-4-5-7-13(12)9-14/h4-7,14,16H,2-3,8-10H2,1H3. The highest BCUT2D eigenvalue weighted by molar-refractivity contribution is 5.88. The Balaban J connectivity index is 1.80. The number of hydrogen-bond donors (Lipinski definition) is 1. The van der Waals surface area contributed by atoms with Gasteiger partial charge in [0.2, 0.25) is 0 Å². The van der Waals surface area contributed by atoms with Crippen molar-refractivity contribution in [2.75, 3.05) is 13.2 Å². The zero-order valence-electron chi connectivity index (χ0n) is 10.7. The summed E-state index contributed by atoms with van der Waals surface area (Å²) >= 11 is 0. The van der Waals surface area contributed by atoms with Crippen LogP contribution in [0.3, 0.4) is 0 Å². The van der Waals surface area contributed by atoms with E-state index < -0.39 is 0 Å². The molecule has 1 N–H and O–H groups in total. The molecule has 0 saturated carbocycles. The van der Waals surface area contributed by atoms with Gasteiger partial charge in [-0.05, 0) is 30.9 Å². The predicted molar refractivity (Wildman–Crippen MR) is 71.4 cm³/mol. The molecule has 1 aromatic carbocycles. The molecule has 0 amide bonds. The Morgan fingerprint density at radius 3 is 2.56 bits per heavy atom. The van der Waals surface area contributed by atoms with Gasteiger partial charge in [-0.25, -0.2) is 4.79 Å². The van der Waals surface area contributed by atoms with Crippen LogP contribution >= 0.6 is 0 Å². The summed E-state index contributed by atoms with van der Waals surface area (Å²) in [5.41, 5.74) is 3.29. The molecule has 0 heterocycles. The van der Waals surface area contributed by atoms with Crippen molar-refractivity contribution < 1.29 is 9.53 Å². The Bertz CT molecular complexity index is 429. The Labute approximate surface area is 108 Å². The quantitative estimate of drug-likeness (QED) is 0.635. The van der Waals surface area contributed by atoms with Crippen molar-refractivity contribution in [1.29, 1.82) is 0 Å². The number of hydrogen-bond acceptors (Lipinski definition) is 3. The van der Waals surface area contributed by atoms with Crippen LogP contribution in [0.1, 0.15) is 18.1 Å². The monoisotopic (exact) mass is 245 g/mol. The molecular formula is C15H19NO2. The smallest absolute Gasteiger partial charge is 0.334 e. The number of carbonyl (C=O) groups excluding carboxylic acids is 1. The van der Waals surface area contributed by atoms with E-state index in [1.807, 2.05) is 0 Å². The first kappa shape index (κ1) is 12.8. The lowest BCUT2D eigenvalue weighted by Gasteiger charge is -2.12. The minimum atomic E-state index is -0.305. The van der Waals surface area contributed by atoms with E-state index in [-0.39, 0.29) is 5.97 Å². The highest BCUT2D eigenvalue weighted by Crippen LogP contribution is 2.21. The third-order valence-electron chi connectivity index (χ3n) is 3.22. The Morgan fingerprint density at radius 2 is 2.00 bits per heavy atom. The molecule has 1 aromatic rings. The number of carbonyl (C=O) groups is 1. The zero-order chi connectivity index (χ0) is 13.0. The Morgan fingerprint density at radius 1 is 1.39 bits per heavy atom. The van der Waals surface area contributed by atoms with Crippen LogP contribution in [-0.2, 0) is 22.4 Å². The molecule has 96 valence electrons. The van der Waals surface area contributed by atoms with Crippen LogP contribution in [0.4, 0.5) is 0 Å². The fraction of sp³-hybridized carbons (Fsp3) is 0.400. The number of fused-ring (bicyclic) bond motifs is 1. The van der Waals surface area contributed by atoms with Crippen molar-refractivity contribution in [2.45, 2.75) is 25.8 Å². The molecule has 0 aromatic heterocycles. The lowest BCUT2D eigenvalue weighted by Crippen LogP contribution is -2.32. The van der Waals surface area contributed by atoms with Crippen LogP contribution in [0.25, 0.3) is 0 Å². The van der Waals surface area contributed by atoms with E-state index in [9.17, 15) is 4.79 Å². The van der Waals surface area contributed by atoms with Gasteiger partial charge in [0.05, 0.1) is 6.61 Å². The first-order valence-electron chi connectivity index (χ1n) is 6.35. The van der Waals surface area contributed by atoms with E-state index in [4.69, 9.17) is 4.74 Å². The molecule has 0 fully saturated rings. The van der Waals surface area contributed by atoms with Gasteiger partial charge in [0.1, 0.15) is 0 Å². The molecule has 1 aliphatic rings. The molecule has 18 heavy (non-hydrogen) atoms. The van der Waals surface area contributed by atoms with Crippen LogP contribution in [0, 0.1) is 0 Å². The maximum atomic E-state index is 11.4. The van der Waals surface area contributed by atoms with E-state index in [2.05, 4.69) is 36.2 Å². The third kappa shape index (κ3) is 2.99. The molecule has 2 rings (SSSR count). The number of esters is 1. The summed E-state index contributed by atoms with van der Waals surface area (Å²) in [6.07, 6.45) is 2.04. The summed E-state index contributed by atoms with van der Waals surface area (Å²) in [7, 11) is 0. The molecule has 0 atom stereocenters. The fourth-order valence-corrected chi connectivity index (χ4v) is 2.28. The number of ether oxygens (including phenoxy) is 1. The molecule has 0 saturated heterocycles. The number of nitrogens with one attached hydrogen (secondary N) is 1. The average Bonchev–Trinajstić information content (AvgIpc) is 2.78. The van der Waals surface area contributed by atoms with Gasteiger partial charge in [-0.2, -0.15) is 0 Å².